The van der Waals surface area contributed by atoms with E-state index in [-0.39, 0.29) is 29.7 Å². The summed E-state index contributed by atoms with van der Waals surface area (Å²) >= 11 is 7.82. The maximum atomic E-state index is 12.5. The second-order valence-electron chi connectivity index (χ2n) is 5.49. The first-order chi connectivity index (χ1) is 11.4. The first kappa shape index (κ1) is 19.8. The highest BCUT2D eigenvalue weighted by atomic mass is 35.5. The summed E-state index contributed by atoms with van der Waals surface area (Å²) in [4.78, 5) is 0.0794. The normalized spacial score (nSPS) is 17.6. The van der Waals surface area contributed by atoms with Gasteiger partial charge in [0.15, 0.2) is 0 Å². The van der Waals surface area contributed by atoms with Crippen molar-refractivity contribution in [2.24, 2.45) is 0 Å². The van der Waals surface area contributed by atoms with E-state index in [1.165, 1.54) is 25.3 Å². The van der Waals surface area contributed by atoms with Crippen LogP contribution in [0.1, 0.15) is 12.8 Å². The number of hydrogen-bond acceptors (Lipinski definition) is 6. The molecule has 0 spiro atoms. The van der Waals surface area contributed by atoms with Gasteiger partial charge in [-0.15, -0.1) is 0 Å². The summed E-state index contributed by atoms with van der Waals surface area (Å²) in [6.07, 6.45) is 1.48. The minimum absolute atomic E-state index is 0.0794. The van der Waals surface area contributed by atoms with Gasteiger partial charge in [0.2, 0.25) is 10.0 Å². The van der Waals surface area contributed by atoms with Crippen molar-refractivity contribution in [3.05, 3.63) is 23.2 Å². The van der Waals surface area contributed by atoms with Gasteiger partial charge in [0.25, 0.3) is 0 Å². The molecule has 1 aliphatic heterocycles. The van der Waals surface area contributed by atoms with Crippen molar-refractivity contribution in [1.29, 1.82) is 0 Å². The van der Waals surface area contributed by atoms with E-state index in [1.54, 1.807) is 0 Å². The summed E-state index contributed by atoms with van der Waals surface area (Å²) in [5.41, 5.74) is -0.572. The van der Waals surface area contributed by atoms with Crippen LogP contribution in [0.2, 0.25) is 5.02 Å². The average molecular weight is 396 g/mol. The monoisotopic (exact) mass is 395 g/mol. The van der Waals surface area contributed by atoms with Crippen LogP contribution in [0.4, 0.5) is 0 Å². The smallest absolute Gasteiger partial charge is 0.240 e. The number of methoxy groups -OCH3 is 1. The molecule has 0 atom stereocenters. The van der Waals surface area contributed by atoms with Crippen LogP contribution in [0.5, 0.6) is 5.75 Å². The van der Waals surface area contributed by atoms with Crippen molar-refractivity contribution in [3.8, 4) is 5.75 Å². The number of sulfonamides is 1. The molecule has 0 aliphatic carbocycles. The Kier molecular flexibility index (Phi) is 7.21. The third-order valence-corrected chi connectivity index (χ3v) is 6.60. The number of aliphatic hydroxyl groups excluding tert-OH is 1. The first-order valence-electron chi connectivity index (χ1n) is 7.58. The van der Waals surface area contributed by atoms with Crippen molar-refractivity contribution in [2.45, 2.75) is 23.3 Å². The summed E-state index contributed by atoms with van der Waals surface area (Å²) in [5, 5.41) is 9.24. The fourth-order valence-electron chi connectivity index (χ4n) is 2.50. The molecule has 2 rings (SSSR count). The highest BCUT2D eigenvalue weighted by molar-refractivity contribution is 7.99. The molecule has 6 nitrogen and oxygen atoms in total. The average Bonchev–Trinajstić information content (AvgIpc) is 2.59. The Bertz CT molecular complexity index is 647. The summed E-state index contributed by atoms with van der Waals surface area (Å²) < 4.78 is 38.5. The van der Waals surface area contributed by atoms with Crippen molar-refractivity contribution in [1.82, 2.24) is 4.72 Å². The fraction of sp³-hybridized carbons (Fsp3) is 0.600. The van der Waals surface area contributed by atoms with Crippen molar-refractivity contribution in [2.75, 3.05) is 38.4 Å². The van der Waals surface area contributed by atoms with Crippen LogP contribution in [0, 0.1) is 0 Å². The van der Waals surface area contributed by atoms with Gasteiger partial charge >= 0.3 is 0 Å². The zero-order valence-electron chi connectivity index (χ0n) is 13.5. The van der Waals surface area contributed by atoms with Crippen LogP contribution < -0.4 is 9.46 Å². The van der Waals surface area contributed by atoms with E-state index >= 15 is 0 Å². The number of hydrogen-bond donors (Lipinski definition) is 2. The van der Waals surface area contributed by atoms with Crippen molar-refractivity contribution >= 4 is 33.4 Å². The standard InChI is InChI=1S/C15H22ClNO5S2/c1-21-14-3-2-12(10-13(14)16)24(19,20)17-11-15(22-7-6-18)4-8-23-9-5-15/h2-3,10,17-18H,4-9,11H2,1H3. The molecular formula is C15H22ClNO5S2. The summed E-state index contributed by atoms with van der Waals surface area (Å²) in [6.45, 7) is 0.274. The predicted molar refractivity (Wildman–Crippen MR) is 95.5 cm³/mol. The maximum Gasteiger partial charge on any atom is 0.240 e. The molecule has 1 fully saturated rings. The Morgan fingerprint density at radius 3 is 2.67 bits per heavy atom. The number of rotatable bonds is 8. The van der Waals surface area contributed by atoms with E-state index in [0.29, 0.717) is 5.75 Å². The second kappa shape index (κ2) is 8.73. The zero-order chi connectivity index (χ0) is 17.6. The van der Waals surface area contributed by atoms with Crippen LogP contribution in [0.3, 0.4) is 0 Å². The summed E-state index contributed by atoms with van der Waals surface area (Å²) in [7, 11) is -2.24. The van der Waals surface area contributed by atoms with Gasteiger partial charge in [0.1, 0.15) is 5.75 Å². The second-order valence-corrected chi connectivity index (χ2v) is 8.89. The fourth-order valence-corrected chi connectivity index (χ4v) is 5.20. The molecule has 0 unspecified atom stereocenters. The van der Waals surface area contributed by atoms with Crippen LogP contribution in [-0.2, 0) is 14.8 Å². The van der Waals surface area contributed by atoms with E-state index < -0.39 is 15.6 Å². The summed E-state index contributed by atoms with van der Waals surface area (Å²) in [5.74, 6) is 2.23. The largest absolute Gasteiger partial charge is 0.495 e. The lowest BCUT2D eigenvalue weighted by atomic mass is 9.97. The third-order valence-electron chi connectivity index (χ3n) is 3.92. The highest BCUT2D eigenvalue weighted by Gasteiger charge is 2.34. The van der Waals surface area contributed by atoms with Gasteiger partial charge in [-0.25, -0.2) is 13.1 Å². The number of thioether (sulfide) groups is 1. The molecule has 1 heterocycles. The van der Waals surface area contributed by atoms with Crippen molar-refractivity contribution < 1.29 is 23.0 Å². The quantitative estimate of drug-likeness (QED) is 0.699. The van der Waals surface area contributed by atoms with Gasteiger partial charge < -0.3 is 14.6 Å². The first-order valence-corrected chi connectivity index (χ1v) is 10.6. The lowest BCUT2D eigenvalue weighted by Gasteiger charge is -2.37. The lowest BCUT2D eigenvalue weighted by Crippen LogP contribution is -2.48. The Labute approximate surface area is 151 Å². The minimum Gasteiger partial charge on any atom is -0.495 e. The molecular weight excluding hydrogens is 374 g/mol. The Balaban J connectivity index is 2.11. The molecule has 24 heavy (non-hydrogen) atoms. The van der Waals surface area contributed by atoms with Crippen LogP contribution in [-0.4, -0.2) is 57.5 Å². The zero-order valence-corrected chi connectivity index (χ0v) is 15.8. The van der Waals surface area contributed by atoms with Gasteiger partial charge in [-0.2, -0.15) is 11.8 Å². The maximum absolute atomic E-state index is 12.5. The van der Waals surface area contributed by atoms with Crippen LogP contribution in [0.15, 0.2) is 23.1 Å². The van der Waals surface area contributed by atoms with Crippen molar-refractivity contribution in [3.63, 3.8) is 0 Å². The highest BCUT2D eigenvalue weighted by Crippen LogP contribution is 2.31. The number of halogens is 1. The van der Waals surface area contributed by atoms with Gasteiger partial charge in [-0.05, 0) is 42.5 Å². The minimum atomic E-state index is -3.71. The Morgan fingerprint density at radius 2 is 2.08 bits per heavy atom. The van der Waals surface area contributed by atoms with E-state index in [1.807, 2.05) is 11.8 Å². The molecule has 0 amide bonds. The number of aliphatic hydroxyl groups is 1. The van der Waals surface area contributed by atoms with E-state index in [2.05, 4.69) is 4.72 Å². The topological polar surface area (TPSA) is 84.9 Å². The summed E-state index contributed by atoms with van der Waals surface area (Å²) in [6, 6.07) is 4.33. The van der Waals surface area contributed by atoms with E-state index in [9.17, 15) is 8.42 Å². The van der Waals surface area contributed by atoms with E-state index in [0.717, 1.165) is 24.3 Å². The molecule has 1 saturated heterocycles. The molecule has 0 radical (unpaired) electrons. The number of benzene rings is 1. The van der Waals surface area contributed by atoms with Crippen LogP contribution in [0.25, 0.3) is 0 Å². The molecule has 0 saturated carbocycles. The molecule has 1 aliphatic rings. The Morgan fingerprint density at radius 1 is 1.38 bits per heavy atom. The lowest BCUT2D eigenvalue weighted by molar-refractivity contribution is -0.0591. The van der Waals surface area contributed by atoms with E-state index in [4.69, 9.17) is 26.2 Å². The number of ether oxygens (including phenoxy) is 2. The Hall–Kier alpha value is -0.510. The number of nitrogens with one attached hydrogen (secondary N) is 1. The van der Waals surface area contributed by atoms with Gasteiger partial charge in [0.05, 0.1) is 35.8 Å². The molecule has 9 heteroatoms. The SMILES string of the molecule is COc1ccc(S(=O)(=O)NCC2(OCCO)CCSCC2)cc1Cl. The molecule has 1 aromatic rings. The van der Waals surface area contributed by atoms with Gasteiger partial charge in [-0.1, -0.05) is 11.6 Å². The molecule has 0 aromatic heterocycles. The molecule has 0 bridgehead atoms. The van der Waals surface area contributed by atoms with Crippen LogP contribution >= 0.6 is 23.4 Å². The van der Waals surface area contributed by atoms with Gasteiger partial charge in [-0.3, -0.25) is 0 Å². The molecule has 2 N–H and O–H groups in total. The third kappa shape index (κ3) is 5.00. The van der Waals surface area contributed by atoms with Gasteiger partial charge in [0, 0.05) is 6.54 Å². The molecule has 1 aromatic carbocycles. The molecule has 136 valence electrons. The predicted octanol–water partition coefficient (Wildman–Crippen LogP) is 1.90.